The Kier molecular flexibility index (Phi) is 8.26. The Morgan fingerprint density at radius 2 is 1.97 bits per heavy atom. The zero-order chi connectivity index (χ0) is 23.6. The lowest BCUT2D eigenvalue weighted by atomic mass is 10.2. The van der Waals surface area contributed by atoms with Crippen molar-refractivity contribution in [3.8, 4) is 5.75 Å². The number of aromatic nitrogens is 2. The van der Waals surface area contributed by atoms with Crippen molar-refractivity contribution in [2.45, 2.75) is 13.5 Å². The lowest BCUT2D eigenvalue weighted by Crippen LogP contribution is -2.38. The molecular weight excluding hydrogens is 432 g/mol. The summed E-state index contributed by atoms with van der Waals surface area (Å²) in [5.41, 5.74) is 9.62. The van der Waals surface area contributed by atoms with Gasteiger partial charge in [0.25, 0.3) is 0 Å². The number of ether oxygens (including phenoxy) is 2. The van der Waals surface area contributed by atoms with Crippen LogP contribution in [0.4, 0.5) is 17.3 Å². The van der Waals surface area contributed by atoms with Crippen molar-refractivity contribution in [2.24, 2.45) is 5.16 Å². The third-order valence-corrected chi connectivity index (χ3v) is 5.45. The highest BCUT2D eigenvalue weighted by molar-refractivity contribution is 5.92. The maximum absolute atomic E-state index is 6.08. The summed E-state index contributed by atoms with van der Waals surface area (Å²) in [4.78, 5) is 16.1. The van der Waals surface area contributed by atoms with Crippen LogP contribution in [0.1, 0.15) is 16.7 Å². The van der Waals surface area contributed by atoms with Crippen molar-refractivity contribution in [3.63, 3.8) is 0 Å². The molecular formula is C25H30N6O3. The highest BCUT2D eigenvalue weighted by Crippen LogP contribution is 2.26. The van der Waals surface area contributed by atoms with Gasteiger partial charge in [-0.15, -0.1) is 0 Å². The number of nitrogen functional groups attached to an aromatic ring is 1. The number of hydrogen-bond acceptors (Lipinski definition) is 9. The van der Waals surface area contributed by atoms with Gasteiger partial charge in [0.05, 0.1) is 25.0 Å². The van der Waals surface area contributed by atoms with Crippen LogP contribution >= 0.6 is 0 Å². The first-order chi connectivity index (χ1) is 16.7. The van der Waals surface area contributed by atoms with Gasteiger partial charge in [0.2, 0.25) is 0 Å². The number of nitrogens with two attached hydrogens (primary N) is 1. The van der Waals surface area contributed by atoms with Crippen molar-refractivity contribution in [3.05, 3.63) is 71.5 Å². The topological polar surface area (TPSA) is 107 Å². The summed E-state index contributed by atoms with van der Waals surface area (Å²) < 4.78 is 11.3. The molecule has 0 amide bonds. The van der Waals surface area contributed by atoms with Gasteiger partial charge in [-0.3, -0.25) is 4.90 Å². The fourth-order valence-electron chi connectivity index (χ4n) is 3.53. The lowest BCUT2D eigenvalue weighted by Gasteiger charge is -2.25. The van der Waals surface area contributed by atoms with Crippen LogP contribution in [0.5, 0.6) is 5.75 Å². The van der Waals surface area contributed by atoms with E-state index < -0.39 is 0 Å². The van der Waals surface area contributed by atoms with Crippen molar-refractivity contribution in [1.82, 2.24) is 14.9 Å². The zero-order valence-corrected chi connectivity index (χ0v) is 19.3. The van der Waals surface area contributed by atoms with Gasteiger partial charge in [-0.05, 0) is 36.2 Å². The van der Waals surface area contributed by atoms with Crippen molar-refractivity contribution < 1.29 is 14.3 Å². The average molecular weight is 463 g/mol. The van der Waals surface area contributed by atoms with Crippen LogP contribution in [0.25, 0.3) is 0 Å². The maximum atomic E-state index is 6.08. The predicted molar refractivity (Wildman–Crippen MR) is 132 cm³/mol. The van der Waals surface area contributed by atoms with E-state index in [2.05, 4.69) is 25.3 Å². The second-order valence-electron chi connectivity index (χ2n) is 7.92. The molecule has 1 aliphatic heterocycles. The minimum atomic E-state index is 0.317. The molecule has 3 aromatic rings. The molecule has 2 heterocycles. The highest BCUT2D eigenvalue weighted by Gasteiger charge is 2.11. The van der Waals surface area contributed by atoms with E-state index in [0.29, 0.717) is 30.4 Å². The van der Waals surface area contributed by atoms with Gasteiger partial charge in [0.15, 0.2) is 0 Å². The summed E-state index contributed by atoms with van der Waals surface area (Å²) in [6.45, 7) is 7.15. The number of rotatable bonds is 10. The van der Waals surface area contributed by atoms with Gasteiger partial charge in [-0.1, -0.05) is 35.5 Å². The molecule has 34 heavy (non-hydrogen) atoms. The van der Waals surface area contributed by atoms with Gasteiger partial charge in [0, 0.05) is 25.3 Å². The molecule has 1 aromatic heterocycles. The van der Waals surface area contributed by atoms with Gasteiger partial charge in [-0.25, -0.2) is 9.97 Å². The van der Waals surface area contributed by atoms with E-state index in [-0.39, 0.29) is 0 Å². The molecule has 9 heteroatoms. The lowest BCUT2D eigenvalue weighted by molar-refractivity contribution is 0.0214. The van der Waals surface area contributed by atoms with Crippen LogP contribution in [0, 0.1) is 6.92 Å². The van der Waals surface area contributed by atoms with Gasteiger partial charge in [0.1, 0.15) is 36.9 Å². The Morgan fingerprint density at radius 1 is 1.15 bits per heavy atom. The molecule has 178 valence electrons. The second-order valence-corrected chi connectivity index (χ2v) is 7.92. The van der Waals surface area contributed by atoms with Crippen LogP contribution in [0.2, 0.25) is 0 Å². The zero-order valence-electron chi connectivity index (χ0n) is 19.3. The van der Waals surface area contributed by atoms with E-state index >= 15 is 0 Å². The van der Waals surface area contributed by atoms with E-state index in [0.717, 1.165) is 55.4 Å². The Bertz CT molecular complexity index is 1090. The fraction of sp³-hybridized carbons (Fsp3) is 0.320. The minimum absolute atomic E-state index is 0.317. The number of anilines is 3. The third kappa shape index (κ3) is 6.66. The first kappa shape index (κ1) is 23.5. The summed E-state index contributed by atoms with van der Waals surface area (Å²) in [6.07, 6.45) is 2.96. The first-order valence-electron chi connectivity index (χ1n) is 11.3. The normalized spacial score (nSPS) is 14.3. The Balaban J connectivity index is 1.35. The molecule has 0 radical (unpaired) electrons. The Hall–Kier alpha value is -3.69. The van der Waals surface area contributed by atoms with Gasteiger partial charge >= 0.3 is 0 Å². The summed E-state index contributed by atoms with van der Waals surface area (Å²) in [6, 6.07) is 16.0. The molecule has 3 N–H and O–H groups in total. The fourth-order valence-corrected chi connectivity index (χ4v) is 3.53. The van der Waals surface area contributed by atoms with Crippen LogP contribution in [-0.2, 0) is 16.2 Å². The molecule has 9 nitrogen and oxygen atoms in total. The molecule has 0 atom stereocenters. The van der Waals surface area contributed by atoms with Crippen molar-refractivity contribution in [2.75, 3.05) is 50.5 Å². The number of hydrogen-bond donors (Lipinski definition) is 2. The van der Waals surface area contributed by atoms with E-state index in [1.54, 1.807) is 6.21 Å². The van der Waals surface area contributed by atoms with Crippen LogP contribution in [0.3, 0.4) is 0 Å². The van der Waals surface area contributed by atoms with Gasteiger partial charge < -0.3 is 25.4 Å². The second kappa shape index (κ2) is 12.0. The van der Waals surface area contributed by atoms with Crippen LogP contribution in [0.15, 0.2) is 60.0 Å². The van der Waals surface area contributed by atoms with Crippen molar-refractivity contribution >= 4 is 23.5 Å². The largest absolute Gasteiger partial charge is 0.489 e. The monoisotopic (exact) mass is 462 g/mol. The van der Waals surface area contributed by atoms with Crippen LogP contribution < -0.4 is 15.8 Å². The molecule has 2 aromatic carbocycles. The summed E-state index contributed by atoms with van der Waals surface area (Å²) in [5, 5.41) is 7.36. The number of oxime groups is 1. The number of aryl methyl sites for hydroxylation is 1. The minimum Gasteiger partial charge on any atom is -0.489 e. The average Bonchev–Trinajstić information content (AvgIpc) is 2.86. The van der Waals surface area contributed by atoms with E-state index in [4.69, 9.17) is 20.0 Å². The SMILES string of the molecule is Cc1cc(Nc2ncnc(N)c2/C=N/OCCN2CCOCC2)ccc1OCc1ccccc1. The third-order valence-electron chi connectivity index (χ3n) is 5.45. The van der Waals surface area contributed by atoms with Crippen LogP contribution in [-0.4, -0.2) is 60.5 Å². The number of nitrogens with one attached hydrogen (secondary N) is 1. The van der Waals surface area contributed by atoms with E-state index in [1.165, 1.54) is 6.33 Å². The highest BCUT2D eigenvalue weighted by atomic mass is 16.6. The smallest absolute Gasteiger partial charge is 0.144 e. The summed E-state index contributed by atoms with van der Waals surface area (Å²) >= 11 is 0. The molecule has 0 aliphatic carbocycles. The molecule has 4 rings (SSSR count). The molecule has 0 spiro atoms. The molecule has 0 saturated carbocycles. The van der Waals surface area contributed by atoms with Crippen molar-refractivity contribution in [1.29, 1.82) is 0 Å². The number of benzene rings is 2. The number of nitrogens with zero attached hydrogens (tertiary/aromatic N) is 4. The molecule has 1 aliphatic rings. The van der Waals surface area contributed by atoms with E-state index in [1.807, 2.05) is 55.5 Å². The molecule has 1 saturated heterocycles. The summed E-state index contributed by atoms with van der Waals surface area (Å²) in [5.74, 6) is 1.69. The first-order valence-corrected chi connectivity index (χ1v) is 11.3. The molecule has 0 bridgehead atoms. The van der Waals surface area contributed by atoms with E-state index in [9.17, 15) is 0 Å². The Morgan fingerprint density at radius 3 is 2.76 bits per heavy atom. The molecule has 0 unspecified atom stereocenters. The molecule has 1 fully saturated rings. The standard InChI is InChI=1S/C25H30N6O3/c1-19-15-21(7-8-23(19)33-17-20-5-3-2-4-6-20)30-25-22(24(26)27-18-28-25)16-29-34-14-11-31-9-12-32-13-10-31/h2-8,15-16,18H,9-14,17H2,1H3,(H3,26,27,28,30)/b29-16+. The number of morpholine rings is 1. The predicted octanol–water partition coefficient (Wildman–Crippen LogP) is 3.37. The summed E-state index contributed by atoms with van der Waals surface area (Å²) in [7, 11) is 0. The maximum Gasteiger partial charge on any atom is 0.144 e. The Labute approximate surface area is 199 Å². The quantitative estimate of drug-likeness (QED) is 0.268. The van der Waals surface area contributed by atoms with Gasteiger partial charge in [-0.2, -0.15) is 0 Å².